The third-order valence-electron chi connectivity index (χ3n) is 6.88. The molecule has 2 aliphatic heterocycles. The van der Waals surface area contributed by atoms with Gasteiger partial charge in [-0.05, 0) is 51.6 Å². The van der Waals surface area contributed by atoms with E-state index in [9.17, 15) is 22.8 Å². The molecule has 4 rings (SSSR count). The number of amides is 1. The number of hydrogen-bond donors (Lipinski definition) is 3. The van der Waals surface area contributed by atoms with Crippen LogP contribution in [0.25, 0.3) is 5.57 Å². The molecular weight excluding hydrogens is 478 g/mol. The van der Waals surface area contributed by atoms with E-state index in [1.54, 1.807) is 0 Å². The molecule has 1 fully saturated rings. The second-order valence-electron chi connectivity index (χ2n) is 9.39. The molecule has 194 valence electrons. The van der Waals surface area contributed by atoms with Crippen LogP contribution in [0, 0.1) is 5.82 Å². The quantitative estimate of drug-likeness (QED) is 0.551. The van der Waals surface area contributed by atoms with Crippen molar-refractivity contribution in [3.05, 3.63) is 63.3 Å². The molecule has 1 saturated heterocycles. The summed E-state index contributed by atoms with van der Waals surface area (Å²) in [4.78, 5) is 30.9. The van der Waals surface area contributed by atoms with Crippen molar-refractivity contribution in [3.8, 4) is 0 Å². The Bertz CT molecular complexity index is 1230. The van der Waals surface area contributed by atoms with E-state index in [0.29, 0.717) is 43.4 Å². The Morgan fingerprint density at radius 1 is 1.14 bits per heavy atom. The van der Waals surface area contributed by atoms with Gasteiger partial charge in [0, 0.05) is 49.5 Å². The zero-order chi connectivity index (χ0) is 26.2. The monoisotopic (exact) mass is 507 g/mol. The number of carbonyl (C=O) groups excluding carboxylic acids is 1. The number of hydrogen-bond acceptors (Lipinski definition) is 5. The number of aromatic nitrogens is 1. The molecule has 0 spiro atoms. The zero-order valence-electron chi connectivity index (χ0n) is 20.3. The minimum atomic E-state index is -4.90. The number of nitrogens with one attached hydrogen (secondary N) is 3. The van der Waals surface area contributed by atoms with Crippen LogP contribution in [0.1, 0.15) is 41.8 Å². The van der Waals surface area contributed by atoms with Crippen molar-refractivity contribution in [2.45, 2.75) is 38.5 Å². The van der Waals surface area contributed by atoms with Crippen molar-refractivity contribution >= 4 is 22.9 Å². The fraction of sp³-hybridized carbons (Fsp3) is 0.440. The van der Waals surface area contributed by atoms with Crippen LogP contribution in [0.15, 0.2) is 35.3 Å². The number of anilines is 2. The van der Waals surface area contributed by atoms with Crippen LogP contribution in [0.5, 0.6) is 0 Å². The van der Waals surface area contributed by atoms with Gasteiger partial charge in [-0.1, -0.05) is 6.08 Å². The summed E-state index contributed by atoms with van der Waals surface area (Å²) >= 11 is 0. The van der Waals surface area contributed by atoms with Gasteiger partial charge < -0.3 is 20.5 Å². The Hall–Kier alpha value is -3.18. The van der Waals surface area contributed by atoms with Gasteiger partial charge in [0.05, 0.1) is 22.5 Å². The van der Waals surface area contributed by atoms with Gasteiger partial charge in [0.25, 0.3) is 5.91 Å². The van der Waals surface area contributed by atoms with E-state index in [1.165, 1.54) is 12.1 Å². The highest BCUT2D eigenvalue weighted by Gasteiger charge is 2.36. The summed E-state index contributed by atoms with van der Waals surface area (Å²) in [5.74, 6) is -1.53. The highest BCUT2D eigenvalue weighted by molar-refractivity contribution is 6.07. The molecule has 0 unspecified atom stereocenters. The number of likely N-dealkylation sites (N-methyl/N-ethyl adjacent to an activating group) is 1. The number of nitrogens with zero attached hydrogens (tertiary/aromatic N) is 2. The van der Waals surface area contributed by atoms with Crippen LogP contribution < -0.4 is 21.1 Å². The smallest absolute Gasteiger partial charge is 0.367 e. The summed E-state index contributed by atoms with van der Waals surface area (Å²) in [6, 6.07) is 3.42. The topological polar surface area (TPSA) is 80.5 Å². The van der Waals surface area contributed by atoms with Gasteiger partial charge in [0.2, 0.25) is 5.56 Å². The standard InChI is InChI=1S/C25H29F4N5O2/c1-14-12-34(13-15(2)33(14)3)22-9-20(26)17(16-5-4-6-30-10-16)7-21(22)32-24(36)18-11-31-23(35)8-19(18)25(27,28)29/h5,7-9,11,14-15,30H,4,6,10,12-13H2,1-3H3,(H,31,35)(H,32,36)/t14-,15+. The van der Waals surface area contributed by atoms with Crippen LogP contribution in [-0.4, -0.2) is 61.1 Å². The van der Waals surface area contributed by atoms with Crippen LogP contribution in [0.4, 0.5) is 28.9 Å². The molecular formula is C25H29F4N5O2. The lowest BCUT2D eigenvalue weighted by Crippen LogP contribution is -2.55. The van der Waals surface area contributed by atoms with Crippen LogP contribution in [0.3, 0.4) is 0 Å². The normalized spacial score (nSPS) is 21.3. The second-order valence-corrected chi connectivity index (χ2v) is 9.39. The Morgan fingerprint density at radius 2 is 1.83 bits per heavy atom. The first-order chi connectivity index (χ1) is 17.0. The number of alkyl halides is 3. The lowest BCUT2D eigenvalue weighted by Gasteiger charge is -2.44. The lowest BCUT2D eigenvalue weighted by atomic mass is 9.99. The molecule has 0 radical (unpaired) electrons. The second kappa shape index (κ2) is 10.1. The highest BCUT2D eigenvalue weighted by atomic mass is 19.4. The zero-order valence-corrected chi connectivity index (χ0v) is 20.3. The van der Waals surface area contributed by atoms with Crippen molar-refractivity contribution < 1.29 is 22.4 Å². The number of aromatic amines is 1. The van der Waals surface area contributed by atoms with E-state index in [1.807, 2.05) is 31.9 Å². The summed E-state index contributed by atoms with van der Waals surface area (Å²) in [7, 11) is 2.00. The molecule has 3 N–H and O–H groups in total. The van der Waals surface area contributed by atoms with Gasteiger partial charge in [0.15, 0.2) is 0 Å². The van der Waals surface area contributed by atoms with Crippen molar-refractivity contribution in [1.29, 1.82) is 0 Å². The Labute approximate surface area is 206 Å². The average molecular weight is 508 g/mol. The predicted octanol–water partition coefficient (Wildman–Crippen LogP) is 3.69. The summed E-state index contributed by atoms with van der Waals surface area (Å²) in [6.07, 6.45) is -1.54. The molecule has 1 aromatic carbocycles. The van der Waals surface area contributed by atoms with Gasteiger partial charge >= 0.3 is 6.18 Å². The van der Waals surface area contributed by atoms with Crippen molar-refractivity contribution in [3.63, 3.8) is 0 Å². The molecule has 0 bridgehead atoms. The molecule has 11 heteroatoms. The largest absolute Gasteiger partial charge is 0.417 e. The van der Waals surface area contributed by atoms with E-state index in [0.717, 1.165) is 12.7 Å². The number of H-pyrrole nitrogens is 1. The number of rotatable bonds is 4. The van der Waals surface area contributed by atoms with E-state index >= 15 is 4.39 Å². The summed E-state index contributed by atoms with van der Waals surface area (Å²) in [6.45, 7) is 6.33. The van der Waals surface area contributed by atoms with E-state index in [-0.39, 0.29) is 23.3 Å². The molecule has 2 atom stereocenters. The SMILES string of the molecule is C[C@@H]1CN(c2cc(F)c(C3=CCCNC3)cc2NC(=O)c2c[nH]c(=O)cc2C(F)(F)F)C[C@H](C)N1C. The maximum absolute atomic E-state index is 15.4. The predicted molar refractivity (Wildman–Crippen MR) is 131 cm³/mol. The lowest BCUT2D eigenvalue weighted by molar-refractivity contribution is -0.138. The molecule has 2 aliphatic rings. The maximum atomic E-state index is 15.4. The number of carbonyl (C=O) groups is 1. The summed E-state index contributed by atoms with van der Waals surface area (Å²) < 4.78 is 56.1. The minimum Gasteiger partial charge on any atom is -0.367 e. The first kappa shape index (κ1) is 25.9. The van der Waals surface area contributed by atoms with Gasteiger partial charge in [-0.3, -0.25) is 14.5 Å². The van der Waals surface area contributed by atoms with Crippen LogP contribution in [0.2, 0.25) is 0 Å². The van der Waals surface area contributed by atoms with Crippen molar-refractivity contribution in [2.75, 3.05) is 43.4 Å². The van der Waals surface area contributed by atoms with Crippen LogP contribution in [-0.2, 0) is 6.18 Å². The van der Waals surface area contributed by atoms with E-state index < -0.39 is 34.6 Å². The number of benzene rings is 1. The Morgan fingerprint density at radius 3 is 2.44 bits per heavy atom. The molecule has 0 aliphatic carbocycles. The number of piperazine rings is 1. The van der Waals surface area contributed by atoms with Crippen molar-refractivity contribution in [1.82, 2.24) is 15.2 Å². The molecule has 1 amide bonds. The first-order valence-electron chi connectivity index (χ1n) is 11.8. The molecule has 3 heterocycles. The van der Waals surface area contributed by atoms with Gasteiger partial charge in [-0.25, -0.2) is 4.39 Å². The fourth-order valence-electron chi connectivity index (χ4n) is 4.70. The molecule has 0 saturated carbocycles. The number of pyridine rings is 1. The molecule has 2 aromatic rings. The van der Waals surface area contributed by atoms with Crippen molar-refractivity contribution in [2.24, 2.45) is 0 Å². The Kier molecular flexibility index (Phi) is 7.24. The first-order valence-corrected chi connectivity index (χ1v) is 11.8. The Balaban J connectivity index is 1.78. The summed E-state index contributed by atoms with van der Waals surface area (Å²) in [5.41, 5.74) is -1.47. The molecule has 7 nitrogen and oxygen atoms in total. The highest BCUT2D eigenvalue weighted by Crippen LogP contribution is 2.36. The molecule has 1 aromatic heterocycles. The third kappa shape index (κ3) is 5.31. The molecule has 36 heavy (non-hydrogen) atoms. The fourth-order valence-corrected chi connectivity index (χ4v) is 4.70. The number of halogens is 4. The van der Waals surface area contributed by atoms with Gasteiger partial charge in [0.1, 0.15) is 5.82 Å². The minimum absolute atomic E-state index is 0.126. The third-order valence-corrected chi connectivity index (χ3v) is 6.88. The summed E-state index contributed by atoms with van der Waals surface area (Å²) in [5, 5.41) is 5.75. The van der Waals surface area contributed by atoms with E-state index in [2.05, 4.69) is 20.5 Å². The van der Waals surface area contributed by atoms with Gasteiger partial charge in [-0.2, -0.15) is 13.2 Å². The average Bonchev–Trinajstić information content (AvgIpc) is 2.83. The van der Waals surface area contributed by atoms with Gasteiger partial charge in [-0.15, -0.1) is 0 Å². The van der Waals surface area contributed by atoms with Crippen LogP contribution >= 0.6 is 0 Å². The maximum Gasteiger partial charge on any atom is 0.417 e. The van der Waals surface area contributed by atoms with E-state index in [4.69, 9.17) is 0 Å².